The number of hydrogen-bond donors (Lipinski definition) is 0. The van der Waals surface area contributed by atoms with Crippen molar-refractivity contribution in [2.75, 3.05) is 7.11 Å². The molecule has 1 aromatic heterocycles. The van der Waals surface area contributed by atoms with Gasteiger partial charge in [-0.1, -0.05) is 26.0 Å². The van der Waals surface area contributed by atoms with Gasteiger partial charge in [-0.05, 0) is 38.8 Å². The van der Waals surface area contributed by atoms with Crippen LogP contribution in [-0.2, 0) is 27.9 Å². The minimum atomic E-state index is -0.931. The first-order valence-electron chi connectivity index (χ1n) is 8.24. The molecule has 0 unspecified atom stereocenters. The van der Waals surface area contributed by atoms with Gasteiger partial charge in [0.25, 0.3) is 0 Å². The van der Waals surface area contributed by atoms with Crippen LogP contribution >= 0.6 is 0 Å². The lowest BCUT2D eigenvalue weighted by Gasteiger charge is -2.24. The Kier molecular flexibility index (Phi) is 5.48. The fourth-order valence-electron chi connectivity index (χ4n) is 2.65. The molecule has 0 spiro atoms. The van der Waals surface area contributed by atoms with Crippen molar-refractivity contribution in [3.63, 3.8) is 0 Å². The number of rotatable bonds is 6. The highest BCUT2D eigenvalue weighted by Gasteiger charge is 2.36. The molecule has 6 nitrogen and oxygen atoms in total. The van der Waals surface area contributed by atoms with Crippen LogP contribution in [0.2, 0.25) is 0 Å². The van der Waals surface area contributed by atoms with Gasteiger partial charge in [-0.15, -0.1) is 0 Å². The summed E-state index contributed by atoms with van der Waals surface area (Å²) in [5.41, 5.74) is 1.24. The summed E-state index contributed by atoms with van der Waals surface area (Å²) in [6, 6.07) is 6.94. The molecular weight excluding hydrogens is 318 g/mol. The average Bonchev–Trinajstić information content (AvgIpc) is 2.99. The zero-order valence-electron chi connectivity index (χ0n) is 15.3. The Hall–Kier alpha value is -2.81. The summed E-state index contributed by atoms with van der Waals surface area (Å²) in [4.78, 5) is 15.6. The largest absolute Gasteiger partial charge is 0.467 e. The molecule has 0 bridgehead atoms. The van der Waals surface area contributed by atoms with Gasteiger partial charge in [-0.2, -0.15) is 5.10 Å². The number of benzene rings is 1. The van der Waals surface area contributed by atoms with Gasteiger partial charge >= 0.3 is 5.97 Å². The van der Waals surface area contributed by atoms with Crippen molar-refractivity contribution in [3.05, 3.63) is 47.1 Å². The number of carbonyl (C=O) groups excluding carboxylic acids is 1. The summed E-state index contributed by atoms with van der Waals surface area (Å²) in [6.07, 6.45) is 1.33. The molecule has 132 valence electrons. The summed E-state index contributed by atoms with van der Waals surface area (Å²) in [5, 5.41) is 4.61. The van der Waals surface area contributed by atoms with Crippen LogP contribution in [0.4, 0.5) is 5.69 Å². The van der Waals surface area contributed by atoms with Crippen LogP contribution in [0.5, 0.6) is 11.5 Å². The molecule has 2 aromatic rings. The van der Waals surface area contributed by atoms with Crippen LogP contribution in [0.1, 0.15) is 39.1 Å². The van der Waals surface area contributed by atoms with Crippen LogP contribution in [0.3, 0.4) is 0 Å². The van der Waals surface area contributed by atoms with Crippen molar-refractivity contribution in [1.82, 2.24) is 9.78 Å². The van der Waals surface area contributed by atoms with Gasteiger partial charge in [0.1, 0.15) is 11.4 Å². The Labute approximate surface area is 148 Å². The highest BCUT2D eigenvalue weighted by molar-refractivity contribution is 5.77. The maximum atomic E-state index is 12.2. The first-order valence-corrected chi connectivity index (χ1v) is 8.24. The lowest BCUT2D eigenvalue weighted by atomic mass is 10.1. The van der Waals surface area contributed by atoms with Crippen molar-refractivity contribution < 1.29 is 14.3 Å². The van der Waals surface area contributed by atoms with Crippen molar-refractivity contribution >= 4 is 11.7 Å². The SMILES string of the molecule is [C-]#[N+]c1ccc(Oc2c(CC)nn(C(C)(C)C(=O)OC)c2CC)cc1. The van der Waals surface area contributed by atoms with Crippen LogP contribution < -0.4 is 4.74 Å². The molecule has 0 atom stereocenters. The molecule has 6 heteroatoms. The second kappa shape index (κ2) is 7.39. The summed E-state index contributed by atoms with van der Waals surface area (Å²) in [5.74, 6) is 0.935. The van der Waals surface area contributed by atoms with Crippen LogP contribution in [0.25, 0.3) is 4.85 Å². The molecule has 0 fully saturated rings. The molecule has 0 aliphatic rings. The molecule has 1 aromatic carbocycles. The monoisotopic (exact) mass is 341 g/mol. The maximum Gasteiger partial charge on any atom is 0.333 e. The number of esters is 1. The number of aryl methyl sites for hydroxylation is 1. The zero-order chi connectivity index (χ0) is 18.6. The number of aromatic nitrogens is 2. The second-order valence-corrected chi connectivity index (χ2v) is 6.10. The van der Waals surface area contributed by atoms with E-state index in [9.17, 15) is 4.79 Å². The van der Waals surface area contributed by atoms with E-state index in [-0.39, 0.29) is 5.97 Å². The lowest BCUT2D eigenvalue weighted by molar-refractivity contribution is -0.150. The van der Waals surface area contributed by atoms with Gasteiger partial charge in [0.05, 0.1) is 19.4 Å². The van der Waals surface area contributed by atoms with E-state index in [0.717, 1.165) is 11.4 Å². The van der Waals surface area contributed by atoms with E-state index in [1.54, 1.807) is 42.8 Å². The molecule has 0 saturated carbocycles. The number of ether oxygens (including phenoxy) is 2. The summed E-state index contributed by atoms with van der Waals surface area (Å²) < 4.78 is 12.7. The van der Waals surface area contributed by atoms with Gasteiger partial charge in [-0.25, -0.2) is 14.3 Å². The molecule has 25 heavy (non-hydrogen) atoms. The van der Waals surface area contributed by atoms with Gasteiger partial charge in [-0.3, -0.25) is 0 Å². The molecule has 0 radical (unpaired) electrons. The summed E-state index contributed by atoms with van der Waals surface area (Å²) >= 11 is 0. The molecule has 1 heterocycles. The first-order chi connectivity index (χ1) is 11.9. The zero-order valence-corrected chi connectivity index (χ0v) is 15.3. The first kappa shape index (κ1) is 18.5. The van der Waals surface area contributed by atoms with E-state index >= 15 is 0 Å². The van der Waals surface area contributed by atoms with Crippen LogP contribution in [0.15, 0.2) is 24.3 Å². The van der Waals surface area contributed by atoms with Gasteiger partial charge in [0, 0.05) is 0 Å². The fraction of sp³-hybridized carbons (Fsp3) is 0.421. The normalized spacial score (nSPS) is 11.0. The van der Waals surface area contributed by atoms with Gasteiger partial charge < -0.3 is 9.47 Å². The minimum Gasteiger partial charge on any atom is -0.467 e. The quantitative estimate of drug-likeness (QED) is 0.582. The predicted octanol–water partition coefficient (Wildman–Crippen LogP) is 4.26. The fourth-order valence-corrected chi connectivity index (χ4v) is 2.65. The molecular formula is C19H23N3O3. The van der Waals surface area contributed by atoms with E-state index < -0.39 is 5.54 Å². The topological polar surface area (TPSA) is 57.7 Å². The van der Waals surface area contributed by atoms with Gasteiger partial charge in [0.2, 0.25) is 0 Å². The Bertz CT molecular complexity index is 799. The van der Waals surface area contributed by atoms with Gasteiger partial charge in [0.15, 0.2) is 17.0 Å². The van der Waals surface area contributed by atoms with E-state index in [0.29, 0.717) is 30.0 Å². The molecule has 0 amide bonds. The molecule has 0 saturated heterocycles. The third-order valence-corrected chi connectivity index (χ3v) is 4.07. The third kappa shape index (κ3) is 3.50. The molecule has 0 aliphatic carbocycles. The smallest absolute Gasteiger partial charge is 0.333 e. The molecule has 0 aliphatic heterocycles. The Balaban J connectivity index is 2.50. The van der Waals surface area contributed by atoms with Crippen molar-refractivity contribution in [2.45, 2.75) is 46.1 Å². The molecule has 0 N–H and O–H groups in total. The van der Waals surface area contributed by atoms with Crippen molar-refractivity contribution in [3.8, 4) is 11.5 Å². The number of hydrogen-bond acceptors (Lipinski definition) is 4. The summed E-state index contributed by atoms with van der Waals surface area (Å²) in [6.45, 7) is 14.6. The standard InChI is InChI=1S/C19H23N3O3/c1-7-15-17(25-14-11-9-13(20-5)10-12-14)16(8-2)22(21-15)19(3,4)18(23)24-6/h9-12H,7-8H2,1-4,6H3. The van der Waals surface area contributed by atoms with Crippen molar-refractivity contribution in [1.29, 1.82) is 0 Å². The Morgan fingerprint density at radius 1 is 1.24 bits per heavy atom. The Morgan fingerprint density at radius 2 is 1.88 bits per heavy atom. The Morgan fingerprint density at radius 3 is 2.36 bits per heavy atom. The second-order valence-electron chi connectivity index (χ2n) is 6.10. The predicted molar refractivity (Wildman–Crippen MR) is 95.1 cm³/mol. The number of carbonyl (C=O) groups is 1. The highest BCUT2D eigenvalue weighted by atomic mass is 16.5. The van der Waals surface area contributed by atoms with Crippen LogP contribution in [-0.4, -0.2) is 22.9 Å². The van der Waals surface area contributed by atoms with Crippen molar-refractivity contribution in [2.24, 2.45) is 0 Å². The van der Waals surface area contributed by atoms with E-state index in [2.05, 4.69) is 9.94 Å². The van der Waals surface area contributed by atoms with Crippen LogP contribution in [0, 0.1) is 6.57 Å². The van der Waals surface area contributed by atoms with E-state index in [4.69, 9.17) is 16.0 Å². The molecule has 2 rings (SSSR count). The maximum absolute atomic E-state index is 12.2. The summed E-state index contributed by atoms with van der Waals surface area (Å²) in [7, 11) is 1.37. The van der Waals surface area contributed by atoms with E-state index in [1.165, 1.54) is 7.11 Å². The average molecular weight is 341 g/mol. The lowest BCUT2D eigenvalue weighted by Crippen LogP contribution is -2.38. The third-order valence-electron chi connectivity index (χ3n) is 4.07. The minimum absolute atomic E-state index is 0.361. The number of nitrogens with zero attached hydrogens (tertiary/aromatic N) is 3. The van der Waals surface area contributed by atoms with E-state index in [1.807, 2.05) is 13.8 Å². The highest BCUT2D eigenvalue weighted by Crippen LogP contribution is 2.34. The number of methoxy groups -OCH3 is 1.